The second kappa shape index (κ2) is 8.81. The molecule has 0 aromatic heterocycles. The number of benzene rings is 1. The molecule has 0 radical (unpaired) electrons. The van der Waals surface area contributed by atoms with E-state index in [-0.39, 0.29) is 18.2 Å². The second-order valence-electron chi connectivity index (χ2n) is 6.76. The largest absolute Gasteiger partial charge is 0.342 e. The monoisotopic (exact) mass is 341 g/mol. The van der Waals surface area contributed by atoms with Crippen LogP contribution in [0.5, 0.6) is 0 Å². The van der Waals surface area contributed by atoms with Crippen LogP contribution in [0.15, 0.2) is 36.4 Å². The van der Waals surface area contributed by atoms with Crippen LogP contribution in [0.25, 0.3) is 6.08 Å². The molecule has 2 heterocycles. The van der Waals surface area contributed by atoms with Gasteiger partial charge in [-0.05, 0) is 18.4 Å². The standard InChI is InChI=1S/C20H27N3O2/c24-19(22-11-4-5-12-22)17-20(25)23-15-13-21(14-16-23)10-6-9-18-7-2-1-3-8-18/h1-3,6-9H,4-5,10-17H2/b9-6+. The summed E-state index contributed by atoms with van der Waals surface area (Å²) in [4.78, 5) is 30.4. The highest BCUT2D eigenvalue weighted by molar-refractivity contribution is 5.97. The molecule has 0 saturated carbocycles. The topological polar surface area (TPSA) is 43.9 Å². The summed E-state index contributed by atoms with van der Waals surface area (Å²) in [5, 5.41) is 0. The Morgan fingerprint density at radius 1 is 0.840 bits per heavy atom. The first kappa shape index (κ1) is 17.7. The Labute approximate surface area is 149 Å². The molecule has 5 nitrogen and oxygen atoms in total. The second-order valence-corrected chi connectivity index (χ2v) is 6.76. The van der Waals surface area contributed by atoms with Crippen molar-refractivity contribution in [2.45, 2.75) is 19.3 Å². The van der Waals surface area contributed by atoms with Crippen molar-refractivity contribution < 1.29 is 9.59 Å². The van der Waals surface area contributed by atoms with Crippen molar-refractivity contribution >= 4 is 17.9 Å². The van der Waals surface area contributed by atoms with Gasteiger partial charge in [0.05, 0.1) is 0 Å². The SMILES string of the molecule is O=C(CC(=O)N1CCN(C/C=C/c2ccccc2)CC1)N1CCCC1. The Kier molecular flexibility index (Phi) is 6.23. The van der Waals surface area contributed by atoms with E-state index in [0.717, 1.165) is 45.6 Å². The zero-order chi connectivity index (χ0) is 17.5. The molecule has 1 aromatic carbocycles. The van der Waals surface area contributed by atoms with Gasteiger partial charge < -0.3 is 9.80 Å². The predicted molar refractivity (Wildman–Crippen MR) is 98.9 cm³/mol. The smallest absolute Gasteiger partial charge is 0.232 e. The maximum Gasteiger partial charge on any atom is 0.232 e. The van der Waals surface area contributed by atoms with E-state index in [2.05, 4.69) is 29.2 Å². The summed E-state index contributed by atoms with van der Waals surface area (Å²) in [7, 11) is 0. The first-order chi connectivity index (χ1) is 12.2. The van der Waals surface area contributed by atoms with E-state index in [1.54, 1.807) is 0 Å². The fraction of sp³-hybridized carbons (Fsp3) is 0.500. The van der Waals surface area contributed by atoms with Crippen molar-refractivity contribution in [3.8, 4) is 0 Å². The van der Waals surface area contributed by atoms with Crippen LogP contribution in [-0.4, -0.2) is 72.3 Å². The number of carbonyl (C=O) groups is 2. The summed E-state index contributed by atoms with van der Waals surface area (Å²) < 4.78 is 0. The maximum atomic E-state index is 12.3. The lowest BCUT2D eigenvalue weighted by Gasteiger charge is -2.34. The minimum Gasteiger partial charge on any atom is -0.342 e. The molecular weight excluding hydrogens is 314 g/mol. The van der Waals surface area contributed by atoms with Gasteiger partial charge in [0, 0.05) is 45.8 Å². The zero-order valence-corrected chi connectivity index (χ0v) is 14.8. The van der Waals surface area contributed by atoms with Gasteiger partial charge in [-0.1, -0.05) is 42.5 Å². The number of likely N-dealkylation sites (tertiary alicyclic amines) is 1. The van der Waals surface area contributed by atoms with E-state index >= 15 is 0 Å². The van der Waals surface area contributed by atoms with Crippen molar-refractivity contribution in [3.63, 3.8) is 0 Å². The average Bonchev–Trinajstić information content (AvgIpc) is 3.18. The Bertz CT molecular complexity index is 601. The van der Waals surface area contributed by atoms with Gasteiger partial charge in [-0.2, -0.15) is 0 Å². The molecule has 2 fully saturated rings. The minimum absolute atomic E-state index is 0.00396. The zero-order valence-electron chi connectivity index (χ0n) is 14.8. The maximum absolute atomic E-state index is 12.3. The number of carbonyl (C=O) groups excluding carboxylic acids is 2. The number of piperazine rings is 1. The summed E-state index contributed by atoms with van der Waals surface area (Å²) in [5.74, 6) is -0.0212. The summed E-state index contributed by atoms with van der Waals surface area (Å²) in [6, 6.07) is 10.3. The number of amides is 2. The van der Waals surface area contributed by atoms with Crippen LogP contribution in [0.2, 0.25) is 0 Å². The highest BCUT2D eigenvalue weighted by Crippen LogP contribution is 2.11. The van der Waals surface area contributed by atoms with Crippen LogP contribution in [-0.2, 0) is 9.59 Å². The lowest BCUT2D eigenvalue weighted by Crippen LogP contribution is -2.49. The first-order valence-electron chi connectivity index (χ1n) is 9.22. The molecule has 0 N–H and O–H groups in total. The van der Waals surface area contributed by atoms with Crippen LogP contribution >= 0.6 is 0 Å². The average molecular weight is 341 g/mol. The number of hydrogen-bond donors (Lipinski definition) is 0. The number of hydrogen-bond acceptors (Lipinski definition) is 3. The third-order valence-electron chi connectivity index (χ3n) is 4.96. The van der Waals surface area contributed by atoms with E-state index in [4.69, 9.17) is 0 Å². The summed E-state index contributed by atoms with van der Waals surface area (Å²) in [6.45, 7) is 5.67. The number of nitrogens with zero attached hydrogens (tertiary/aromatic N) is 3. The molecular formula is C20H27N3O2. The van der Waals surface area contributed by atoms with E-state index < -0.39 is 0 Å². The molecule has 2 saturated heterocycles. The molecule has 2 aliphatic heterocycles. The van der Waals surface area contributed by atoms with E-state index in [1.165, 1.54) is 5.56 Å². The van der Waals surface area contributed by atoms with Crippen molar-refractivity contribution in [2.75, 3.05) is 45.8 Å². The predicted octanol–water partition coefficient (Wildman–Crippen LogP) is 1.86. The van der Waals surface area contributed by atoms with E-state index in [1.807, 2.05) is 28.0 Å². The molecule has 0 unspecified atom stereocenters. The van der Waals surface area contributed by atoms with Crippen molar-refractivity contribution in [2.24, 2.45) is 0 Å². The van der Waals surface area contributed by atoms with Crippen molar-refractivity contribution in [1.29, 1.82) is 0 Å². The van der Waals surface area contributed by atoms with Gasteiger partial charge in [0.1, 0.15) is 6.42 Å². The Balaban J connectivity index is 1.38. The molecule has 3 rings (SSSR count). The van der Waals surface area contributed by atoms with Gasteiger partial charge in [0.15, 0.2) is 0 Å². The molecule has 0 atom stereocenters. The molecule has 134 valence electrons. The fourth-order valence-electron chi connectivity index (χ4n) is 3.40. The molecule has 2 amide bonds. The highest BCUT2D eigenvalue weighted by Gasteiger charge is 2.25. The van der Waals surface area contributed by atoms with Crippen LogP contribution < -0.4 is 0 Å². The fourth-order valence-corrected chi connectivity index (χ4v) is 3.40. The lowest BCUT2D eigenvalue weighted by molar-refractivity contribution is -0.141. The van der Waals surface area contributed by atoms with Gasteiger partial charge >= 0.3 is 0 Å². The minimum atomic E-state index is -0.0172. The Morgan fingerprint density at radius 3 is 2.08 bits per heavy atom. The molecule has 2 aliphatic rings. The van der Waals surface area contributed by atoms with Crippen LogP contribution in [0, 0.1) is 0 Å². The lowest BCUT2D eigenvalue weighted by atomic mass is 10.2. The van der Waals surface area contributed by atoms with E-state index in [9.17, 15) is 9.59 Å². The van der Waals surface area contributed by atoms with Gasteiger partial charge in [-0.3, -0.25) is 14.5 Å². The molecule has 25 heavy (non-hydrogen) atoms. The Morgan fingerprint density at radius 2 is 1.44 bits per heavy atom. The first-order valence-corrected chi connectivity index (χ1v) is 9.22. The van der Waals surface area contributed by atoms with Gasteiger partial charge in [0.2, 0.25) is 11.8 Å². The van der Waals surface area contributed by atoms with Gasteiger partial charge in [-0.25, -0.2) is 0 Å². The summed E-state index contributed by atoms with van der Waals surface area (Å²) in [6.07, 6.45) is 6.47. The summed E-state index contributed by atoms with van der Waals surface area (Å²) in [5.41, 5.74) is 1.21. The quantitative estimate of drug-likeness (QED) is 0.768. The summed E-state index contributed by atoms with van der Waals surface area (Å²) >= 11 is 0. The normalized spacial score (nSPS) is 18.9. The third-order valence-corrected chi connectivity index (χ3v) is 4.96. The van der Waals surface area contributed by atoms with Gasteiger partial charge in [0.25, 0.3) is 0 Å². The molecule has 1 aromatic rings. The Hall–Kier alpha value is -2.14. The molecule has 0 bridgehead atoms. The van der Waals surface area contributed by atoms with Crippen LogP contribution in [0.4, 0.5) is 0 Å². The van der Waals surface area contributed by atoms with Crippen LogP contribution in [0.1, 0.15) is 24.8 Å². The van der Waals surface area contributed by atoms with Crippen LogP contribution in [0.3, 0.4) is 0 Å². The third kappa shape index (κ3) is 5.16. The number of rotatable bonds is 5. The molecule has 0 spiro atoms. The van der Waals surface area contributed by atoms with E-state index in [0.29, 0.717) is 13.1 Å². The van der Waals surface area contributed by atoms with Gasteiger partial charge in [-0.15, -0.1) is 0 Å². The molecule has 0 aliphatic carbocycles. The molecule has 5 heteroatoms. The van der Waals surface area contributed by atoms with Crippen molar-refractivity contribution in [3.05, 3.63) is 42.0 Å². The highest BCUT2D eigenvalue weighted by atomic mass is 16.2. The van der Waals surface area contributed by atoms with Crippen molar-refractivity contribution in [1.82, 2.24) is 14.7 Å².